The van der Waals surface area contributed by atoms with Crippen molar-refractivity contribution in [3.05, 3.63) is 42.2 Å². The van der Waals surface area contributed by atoms with E-state index in [0.717, 1.165) is 18.4 Å². The summed E-state index contributed by atoms with van der Waals surface area (Å²) in [6.45, 7) is 9.21. The van der Waals surface area contributed by atoms with Crippen LogP contribution in [0.3, 0.4) is 0 Å². The normalized spacial score (nSPS) is 29.4. The molecular formula is C32H46BN7O5. The number of aromatic nitrogens is 3. The first-order chi connectivity index (χ1) is 21.5. The van der Waals surface area contributed by atoms with Crippen LogP contribution in [0.5, 0.6) is 0 Å². The molecule has 2 saturated heterocycles. The highest BCUT2D eigenvalue weighted by Gasteiger charge is 2.68. The summed E-state index contributed by atoms with van der Waals surface area (Å²) in [7, 11) is -0.608. The summed E-state index contributed by atoms with van der Waals surface area (Å²) < 4.78 is 15.0. The molecular weight excluding hydrogens is 573 g/mol. The van der Waals surface area contributed by atoms with Crippen LogP contribution in [0.1, 0.15) is 71.8 Å². The number of nitrogens with one attached hydrogen (secondary N) is 2. The number of rotatable bonds is 11. The molecule has 2 aliphatic heterocycles. The number of benzene rings is 1. The molecule has 1 aromatic heterocycles. The number of carbonyl (C=O) groups excluding carboxylic acids is 3. The van der Waals surface area contributed by atoms with Crippen molar-refractivity contribution < 1.29 is 23.7 Å². The molecule has 12 nitrogen and oxygen atoms in total. The van der Waals surface area contributed by atoms with E-state index in [1.807, 2.05) is 30.3 Å². The Morgan fingerprint density at radius 1 is 1.16 bits per heavy atom. The van der Waals surface area contributed by atoms with Gasteiger partial charge in [-0.3, -0.25) is 14.4 Å². The first-order valence-electron chi connectivity index (χ1n) is 16.4. The van der Waals surface area contributed by atoms with Crippen LogP contribution in [0.2, 0.25) is 0 Å². The minimum Gasteiger partial charge on any atom is -0.404 e. The van der Waals surface area contributed by atoms with Crippen molar-refractivity contribution >= 4 is 30.8 Å². The van der Waals surface area contributed by atoms with Gasteiger partial charge < -0.3 is 30.6 Å². The van der Waals surface area contributed by atoms with E-state index >= 15 is 0 Å². The number of nitrogen functional groups attached to an aromatic ring is 1. The van der Waals surface area contributed by atoms with Crippen molar-refractivity contribution in [2.24, 2.45) is 17.3 Å². The number of aryl methyl sites for hydroxylation is 1. The lowest BCUT2D eigenvalue weighted by Gasteiger charge is -2.64. The fourth-order valence-electron chi connectivity index (χ4n) is 8.33. The van der Waals surface area contributed by atoms with E-state index in [0.29, 0.717) is 63.0 Å². The molecule has 45 heavy (non-hydrogen) atoms. The maximum absolute atomic E-state index is 14.0. The number of amides is 3. The van der Waals surface area contributed by atoms with Crippen LogP contribution >= 0.6 is 0 Å². The Bertz CT molecular complexity index is 1410. The highest BCUT2D eigenvalue weighted by Crippen LogP contribution is 2.65. The molecule has 2 bridgehead atoms. The predicted octanol–water partition coefficient (Wildman–Crippen LogP) is 2.13. The van der Waals surface area contributed by atoms with Crippen molar-refractivity contribution in [3.8, 4) is 0 Å². The van der Waals surface area contributed by atoms with Crippen molar-refractivity contribution in [3.63, 3.8) is 0 Å². The van der Waals surface area contributed by atoms with Gasteiger partial charge in [-0.1, -0.05) is 44.2 Å². The van der Waals surface area contributed by atoms with Gasteiger partial charge in [0, 0.05) is 26.4 Å². The van der Waals surface area contributed by atoms with Crippen molar-refractivity contribution in [2.45, 2.75) is 109 Å². The molecule has 3 amide bonds. The third kappa shape index (κ3) is 6.08. The van der Waals surface area contributed by atoms with Gasteiger partial charge in [0.1, 0.15) is 18.4 Å². The van der Waals surface area contributed by atoms with Gasteiger partial charge in [-0.2, -0.15) is 5.10 Å². The lowest BCUT2D eigenvalue weighted by molar-refractivity contribution is -0.199. The minimum absolute atomic E-state index is 0.0226. The molecule has 0 radical (unpaired) electrons. The average Bonchev–Trinajstić information content (AvgIpc) is 3.74. The van der Waals surface area contributed by atoms with Crippen LogP contribution in [0.4, 0.5) is 5.95 Å². The van der Waals surface area contributed by atoms with Crippen molar-refractivity contribution in [2.75, 3.05) is 12.3 Å². The number of anilines is 1. The first kappa shape index (κ1) is 31.5. The third-order valence-electron chi connectivity index (χ3n) is 11.0. The van der Waals surface area contributed by atoms with Crippen LogP contribution in [0.25, 0.3) is 0 Å². The molecule has 2 aromatic rings. The van der Waals surface area contributed by atoms with Crippen LogP contribution in [-0.4, -0.2) is 80.8 Å². The summed E-state index contributed by atoms with van der Waals surface area (Å²) in [6, 6.07) is 8.17. The van der Waals surface area contributed by atoms with E-state index in [1.54, 1.807) is 9.58 Å². The summed E-state index contributed by atoms with van der Waals surface area (Å²) in [4.78, 5) is 45.5. The lowest BCUT2D eigenvalue weighted by Crippen LogP contribution is -2.65. The predicted molar refractivity (Wildman–Crippen MR) is 168 cm³/mol. The van der Waals surface area contributed by atoms with Gasteiger partial charge in [-0.05, 0) is 68.3 Å². The summed E-state index contributed by atoms with van der Waals surface area (Å²) in [5.41, 5.74) is 6.65. The summed E-state index contributed by atoms with van der Waals surface area (Å²) in [6.07, 6.45) is 6.31. The quantitative estimate of drug-likeness (QED) is 0.324. The summed E-state index contributed by atoms with van der Waals surface area (Å²) in [5, 5.41) is 10.2. The first-order valence-corrected chi connectivity index (χ1v) is 16.4. The van der Waals surface area contributed by atoms with Crippen molar-refractivity contribution in [1.29, 1.82) is 0 Å². The number of nitrogens with zero attached hydrogens (tertiary/aromatic N) is 4. The fourth-order valence-corrected chi connectivity index (χ4v) is 8.33. The van der Waals surface area contributed by atoms with Gasteiger partial charge in [-0.15, -0.1) is 0 Å². The van der Waals surface area contributed by atoms with Gasteiger partial charge in [0.2, 0.25) is 23.7 Å². The standard InChI is InChI=1S/C32H46BN7O5/c1-20(41)37-23(16-21-10-6-5-7-11-21)29(43)39-14-8-12-24(39)28(42)38-27(13-9-15-40-30(34)35-19-36-40)33-44-26-18-22-17-25(31(22,2)3)32(26,4)45-33/h5-7,10-11,19,22-27H,8-9,12-18H2,1-4H3,(H,37,41)(H,38,42)(H2,34,35,36)/t22?,23-,24?,25?,26-,27+,32+/m1/s1. The zero-order valence-electron chi connectivity index (χ0n) is 26.8. The van der Waals surface area contributed by atoms with E-state index in [2.05, 4.69) is 41.5 Å². The zero-order chi connectivity index (χ0) is 31.9. The van der Waals surface area contributed by atoms with Gasteiger partial charge in [0.05, 0.1) is 17.6 Å². The second-order valence-electron chi connectivity index (χ2n) is 14.1. The molecule has 7 rings (SSSR count). The van der Waals surface area contributed by atoms with Crippen LogP contribution in [0, 0.1) is 17.3 Å². The van der Waals surface area contributed by atoms with Gasteiger partial charge in [0.15, 0.2) is 0 Å². The zero-order valence-corrected chi connectivity index (χ0v) is 26.8. The van der Waals surface area contributed by atoms with Crippen molar-refractivity contribution in [1.82, 2.24) is 30.3 Å². The minimum atomic E-state index is -0.762. The highest BCUT2D eigenvalue weighted by atomic mass is 16.7. The van der Waals surface area contributed by atoms with Crippen LogP contribution in [0.15, 0.2) is 36.7 Å². The van der Waals surface area contributed by atoms with E-state index in [9.17, 15) is 14.4 Å². The van der Waals surface area contributed by atoms with Gasteiger partial charge in [-0.25, -0.2) is 9.67 Å². The Kier molecular flexibility index (Phi) is 8.68. The molecule has 7 atom stereocenters. The largest absolute Gasteiger partial charge is 0.481 e. The SMILES string of the molecule is CC(=O)N[C@H](Cc1ccccc1)C(=O)N1CCCC1C(=O)N[C@@H](CCCn1ncnc1N)B1O[C@@H]2CC3CC(C3(C)C)[C@]2(C)O1. The number of hydrogen-bond acceptors (Lipinski definition) is 8. The molecule has 13 heteroatoms. The summed E-state index contributed by atoms with van der Waals surface area (Å²) >= 11 is 0. The molecule has 3 heterocycles. The highest BCUT2D eigenvalue weighted by molar-refractivity contribution is 6.47. The molecule has 242 valence electrons. The second-order valence-corrected chi connectivity index (χ2v) is 14.1. The Hall–Kier alpha value is -3.45. The lowest BCUT2D eigenvalue weighted by atomic mass is 9.43. The van der Waals surface area contributed by atoms with Gasteiger partial charge >= 0.3 is 7.12 Å². The molecule has 5 aliphatic rings. The van der Waals surface area contributed by atoms with Crippen LogP contribution in [-0.2, 0) is 36.7 Å². The molecule has 5 fully saturated rings. The fraction of sp³-hybridized carbons (Fsp3) is 0.656. The number of nitrogens with two attached hydrogens (primary N) is 1. The molecule has 1 aromatic carbocycles. The number of likely N-dealkylation sites (tertiary alicyclic amines) is 1. The molecule has 3 aliphatic carbocycles. The van der Waals surface area contributed by atoms with E-state index in [-0.39, 0.29) is 29.2 Å². The number of hydrogen-bond donors (Lipinski definition) is 3. The molecule has 4 N–H and O–H groups in total. The monoisotopic (exact) mass is 619 g/mol. The van der Waals surface area contributed by atoms with Crippen LogP contribution < -0.4 is 16.4 Å². The Morgan fingerprint density at radius 2 is 1.93 bits per heavy atom. The topological polar surface area (TPSA) is 154 Å². The maximum atomic E-state index is 14.0. The van der Waals surface area contributed by atoms with E-state index in [4.69, 9.17) is 15.0 Å². The van der Waals surface area contributed by atoms with Gasteiger partial charge in [0.25, 0.3) is 0 Å². The van der Waals surface area contributed by atoms with E-state index in [1.165, 1.54) is 13.3 Å². The number of carbonyl (C=O) groups is 3. The maximum Gasteiger partial charge on any atom is 0.481 e. The Balaban J connectivity index is 1.17. The molecule has 3 saturated carbocycles. The summed E-state index contributed by atoms with van der Waals surface area (Å²) in [5.74, 6) is 0.138. The average molecular weight is 620 g/mol. The van der Waals surface area contributed by atoms with E-state index < -0.39 is 30.7 Å². The Morgan fingerprint density at radius 3 is 2.62 bits per heavy atom. The molecule has 3 unspecified atom stereocenters. The molecule has 0 spiro atoms. The smallest absolute Gasteiger partial charge is 0.404 e. The third-order valence-corrected chi connectivity index (χ3v) is 11.0. The Labute approximate surface area is 265 Å². The second kappa shape index (κ2) is 12.4.